The maximum atomic E-state index is 13.3. The van der Waals surface area contributed by atoms with Gasteiger partial charge in [-0.15, -0.1) is 0 Å². The van der Waals surface area contributed by atoms with Crippen molar-refractivity contribution in [2.45, 2.75) is 26.3 Å². The first-order valence-electron chi connectivity index (χ1n) is 15.3. The summed E-state index contributed by atoms with van der Waals surface area (Å²) in [5.74, 6) is 1.45. The minimum atomic E-state index is -0.317. The SMILES string of the molecule is CC(C)c1ccc2c(Nc3cc(C(=O)Nc4ccc(Br)cc4)ccc3Oc3ccc(NC(=O)NCc4ccccc4)cc3)ncnc2n1. The van der Waals surface area contributed by atoms with Crippen LogP contribution in [0.25, 0.3) is 11.0 Å². The van der Waals surface area contributed by atoms with Gasteiger partial charge in [0.05, 0.1) is 11.1 Å². The third-order valence-electron chi connectivity index (χ3n) is 7.34. The van der Waals surface area contributed by atoms with E-state index in [4.69, 9.17) is 9.72 Å². The number of nitrogens with one attached hydrogen (secondary N) is 4. The van der Waals surface area contributed by atoms with Crippen molar-refractivity contribution in [2.75, 3.05) is 16.0 Å². The van der Waals surface area contributed by atoms with Gasteiger partial charge >= 0.3 is 6.03 Å². The van der Waals surface area contributed by atoms with Gasteiger partial charge in [0.2, 0.25) is 0 Å². The molecule has 2 aromatic heterocycles. The van der Waals surface area contributed by atoms with Gasteiger partial charge in [0.15, 0.2) is 11.4 Å². The fraction of sp³-hybridized carbons (Fsp3) is 0.108. The van der Waals surface area contributed by atoms with Crippen LogP contribution in [0.15, 0.2) is 120 Å². The number of carbonyl (C=O) groups excluding carboxylic acids is 2. The average molecular weight is 703 g/mol. The molecule has 0 aliphatic rings. The highest BCUT2D eigenvalue weighted by atomic mass is 79.9. The summed E-state index contributed by atoms with van der Waals surface area (Å²) in [5.41, 5.74) is 4.67. The van der Waals surface area contributed by atoms with Crippen LogP contribution in [0.1, 0.15) is 41.4 Å². The van der Waals surface area contributed by atoms with Crippen LogP contribution in [0.4, 0.5) is 27.7 Å². The van der Waals surface area contributed by atoms with Crippen molar-refractivity contribution in [1.29, 1.82) is 0 Å². The van der Waals surface area contributed by atoms with Crippen molar-refractivity contribution in [3.63, 3.8) is 0 Å². The molecule has 3 amide bonds. The minimum Gasteiger partial charge on any atom is -0.455 e. The lowest BCUT2D eigenvalue weighted by Crippen LogP contribution is -2.28. The monoisotopic (exact) mass is 701 g/mol. The number of halogens is 1. The number of fused-ring (bicyclic) bond motifs is 1. The van der Waals surface area contributed by atoms with E-state index in [0.29, 0.717) is 52.1 Å². The van der Waals surface area contributed by atoms with Gasteiger partial charge < -0.3 is 26.0 Å². The number of carbonyl (C=O) groups is 2. The lowest BCUT2D eigenvalue weighted by atomic mass is 10.1. The van der Waals surface area contributed by atoms with E-state index in [1.165, 1.54) is 6.33 Å². The van der Waals surface area contributed by atoms with Crippen molar-refractivity contribution >= 4 is 61.8 Å². The number of hydrogen-bond acceptors (Lipinski definition) is 7. The van der Waals surface area contributed by atoms with Crippen molar-refractivity contribution in [3.8, 4) is 11.5 Å². The van der Waals surface area contributed by atoms with E-state index < -0.39 is 0 Å². The molecule has 0 atom stereocenters. The first-order valence-corrected chi connectivity index (χ1v) is 16.1. The molecule has 0 unspecified atom stereocenters. The Labute approximate surface area is 286 Å². The van der Waals surface area contributed by atoms with E-state index in [-0.39, 0.29) is 17.9 Å². The summed E-state index contributed by atoms with van der Waals surface area (Å²) in [5, 5.41) is 12.7. The van der Waals surface area contributed by atoms with Gasteiger partial charge in [-0.1, -0.05) is 60.1 Å². The van der Waals surface area contributed by atoms with Crippen LogP contribution in [0, 0.1) is 0 Å². The molecule has 0 saturated heterocycles. The summed E-state index contributed by atoms with van der Waals surface area (Å²) in [4.78, 5) is 39.3. The van der Waals surface area contributed by atoms with Gasteiger partial charge in [-0.2, -0.15) is 0 Å². The van der Waals surface area contributed by atoms with E-state index in [0.717, 1.165) is 21.1 Å². The first-order chi connectivity index (χ1) is 23.3. The fourth-order valence-electron chi connectivity index (χ4n) is 4.79. The predicted octanol–water partition coefficient (Wildman–Crippen LogP) is 9.02. The Bertz CT molecular complexity index is 2060. The molecule has 0 aliphatic heterocycles. The molecule has 4 aromatic carbocycles. The number of aromatic nitrogens is 3. The molecular weight excluding hydrogens is 670 g/mol. The average Bonchev–Trinajstić information content (AvgIpc) is 3.10. The van der Waals surface area contributed by atoms with E-state index in [1.807, 2.05) is 66.7 Å². The number of nitrogens with zero attached hydrogens (tertiary/aromatic N) is 3. The molecule has 10 nitrogen and oxygen atoms in total. The minimum absolute atomic E-state index is 0.243. The number of anilines is 4. The topological polar surface area (TPSA) is 130 Å². The third kappa shape index (κ3) is 8.12. The molecule has 0 aliphatic carbocycles. The predicted molar refractivity (Wildman–Crippen MR) is 192 cm³/mol. The lowest BCUT2D eigenvalue weighted by molar-refractivity contribution is 0.102. The maximum absolute atomic E-state index is 13.3. The Hall–Kier alpha value is -5.81. The molecule has 6 rings (SSSR count). The number of urea groups is 1. The zero-order chi connectivity index (χ0) is 33.5. The van der Waals surface area contributed by atoms with Gasteiger partial charge in [-0.05, 0) is 90.3 Å². The fourth-order valence-corrected chi connectivity index (χ4v) is 5.05. The highest BCUT2D eigenvalue weighted by Crippen LogP contribution is 2.35. The molecule has 11 heteroatoms. The van der Waals surface area contributed by atoms with Gasteiger partial charge in [-0.25, -0.2) is 19.7 Å². The molecule has 4 N–H and O–H groups in total. The summed E-state index contributed by atoms with van der Waals surface area (Å²) in [7, 11) is 0. The van der Waals surface area contributed by atoms with Gasteiger partial charge in [0, 0.05) is 33.6 Å². The number of hydrogen-bond donors (Lipinski definition) is 4. The molecule has 2 heterocycles. The van der Waals surface area contributed by atoms with Gasteiger partial charge in [0.25, 0.3) is 5.91 Å². The molecule has 6 aromatic rings. The van der Waals surface area contributed by atoms with Crippen molar-refractivity contribution in [3.05, 3.63) is 137 Å². The second kappa shape index (κ2) is 14.7. The third-order valence-corrected chi connectivity index (χ3v) is 7.87. The van der Waals surface area contributed by atoms with Crippen molar-refractivity contribution in [2.24, 2.45) is 0 Å². The Morgan fingerprint density at radius 2 is 1.54 bits per heavy atom. The number of pyridine rings is 1. The Kier molecular flexibility index (Phi) is 9.87. The molecule has 0 saturated carbocycles. The number of rotatable bonds is 10. The summed E-state index contributed by atoms with van der Waals surface area (Å²) in [6, 6.07) is 32.7. The van der Waals surface area contributed by atoms with E-state index >= 15 is 0 Å². The molecular formula is C37H32BrN7O3. The number of benzene rings is 4. The van der Waals surface area contributed by atoms with Crippen LogP contribution in [0.3, 0.4) is 0 Å². The van der Waals surface area contributed by atoms with Crippen LogP contribution < -0.4 is 26.0 Å². The Balaban J connectivity index is 1.23. The molecule has 0 spiro atoms. The molecule has 48 heavy (non-hydrogen) atoms. The summed E-state index contributed by atoms with van der Waals surface area (Å²) in [6.45, 7) is 4.57. The highest BCUT2D eigenvalue weighted by Gasteiger charge is 2.15. The Morgan fingerprint density at radius 3 is 2.29 bits per heavy atom. The smallest absolute Gasteiger partial charge is 0.319 e. The zero-order valence-electron chi connectivity index (χ0n) is 26.2. The maximum Gasteiger partial charge on any atom is 0.319 e. The molecule has 240 valence electrons. The first kappa shape index (κ1) is 32.1. The van der Waals surface area contributed by atoms with Crippen LogP contribution in [-0.4, -0.2) is 26.9 Å². The molecule has 0 radical (unpaired) electrons. The second-order valence-electron chi connectivity index (χ2n) is 11.2. The van der Waals surface area contributed by atoms with Gasteiger partial charge in [-0.3, -0.25) is 4.79 Å². The standard InChI is InChI=1S/C37H32BrN7O3/c1-23(2)31-18-17-30-34(44-31)40-22-41-35(30)45-32-20-25(36(46)42-27-11-9-26(38)10-12-27)8-19-33(32)48-29-15-13-28(14-16-29)43-37(47)39-21-24-6-4-3-5-7-24/h3-20,22-23H,21H2,1-2H3,(H,42,46)(H2,39,43,47)(H,40,41,44,45). The van der Waals surface area contributed by atoms with Crippen molar-refractivity contribution < 1.29 is 14.3 Å². The normalized spacial score (nSPS) is 10.8. The van der Waals surface area contributed by atoms with E-state index in [9.17, 15) is 9.59 Å². The largest absolute Gasteiger partial charge is 0.455 e. The van der Waals surface area contributed by atoms with E-state index in [2.05, 4.69) is 61.0 Å². The van der Waals surface area contributed by atoms with Crippen LogP contribution in [0.5, 0.6) is 11.5 Å². The summed E-state index contributed by atoms with van der Waals surface area (Å²) >= 11 is 3.42. The molecule has 0 fully saturated rings. The number of ether oxygens (including phenoxy) is 1. The van der Waals surface area contributed by atoms with Gasteiger partial charge in [0.1, 0.15) is 17.9 Å². The van der Waals surface area contributed by atoms with Crippen LogP contribution in [0.2, 0.25) is 0 Å². The highest BCUT2D eigenvalue weighted by molar-refractivity contribution is 9.10. The Morgan fingerprint density at radius 1 is 0.812 bits per heavy atom. The lowest BCUT2D eigenvalue weighted by Gasteiger charge is -2.16. The second-order valence-corrected chi connectivity index (χ2v) is 12.1. The summed E-state index contributed by atoms with van der Waals surface area (Å²) in [6.07, 6.45) is 1.45. The quantitative estimate of drug-likeness (QED) is 0.112. The summed E-state index contributed by atoms with van der Waals surface area (Å²) < 4.78 is 7.20. The van der Waals surface area contributed by atoms with Crippen LogP contribution >= 0.6 is 15.9 Å². The van der Waals surface area contributed by atoms with E-state index in [1.54, 1.807) is 42.5 Å². The molecule has 0 bridgehead atoms. The zero-order valence-corrected chi connectivity index (χ0v) is 27.8. The van der Waals surface area contributed by atoms with Crippen LogP contribution in [-0.2, 0) is 6.54 Å². The van der Waals surface area contributed by atoms with Crippen molar-refractivity contribution in [1.82, 2.24) is 20.3 Å². The number of amides is 3.